The van der Waals surface area contributed by atoms with Crippen molar-refractivity contribution >= 4 is 17.7 Å². The van der Waals surface area contributed by atoms with E-state index in [1.807, 2.05) is 6.92 Å². The molecule has 1 aliphatic rings. The molecule has 7 heteroatoms. The average Bonchev–Trinajstić information content (AvgIpc) is 2.61. The van der Waals surface area contributed by atoms with E-state index in [4.69, 9.17) is 11.5 Å². The van der Waals surface area contributed by atoms with Crippen LogP contribution in [-0.2, 0) is 14.4 Å². The molecule has 1 aliphatic heterocycles. The fourth-order valence-electron chi connectivity index (χ4n) is 1.96. The molecule has 96 valence electrons. The van der Waals surface area contributed by atoms with Gasteiger partial charge in [0.25, 0.3) is 0 Å². The first-order valence-electron chi connectivity index (χ1n) is 5.48. The van der Waals surface area contributed by atoms with Gasteiger partial charge in [-0.2, -0.15) is 0 Å². The molecule has 0 aromatic carbocycles. The number of nitrogens with one attached hydrogen (secondary N) is 1. The molecule has 5 N–H and O–H groups in total. The van der Waals surface area contributed by atoms with Gasteiger partial charge in [-0.15, -0.1) is 0 Å². The second-order valence-electron chi connectivity index (χ2n) is 4.37. The lowest BCUT2D eigenvalue weighted by Crippen LogP contribution is -2.47. The lowest BCUT2D eigenvalue weighted by Gasteiger charge is -2.24. The number of hydrogen-bond acceptors (Lipinski definition) is 4. The van der Waals surface area contributed by atoms with E-state index >= 15 is 0 Å². The number of rotatable bonds is 5. The van der Waals surface area contributed by atoms with E-state index < -0.39 is 11.8 Å². The third kappa shape index (κ3) is 3.70. The molecule has 0 bridgehead atoms. The summed E-state index contributed by atoms with van der Waals surface area (Å²) in [5, 5.41) is 3.08. The Labute approximate surface area is 99.5 Å². The van der Waals surface area contributed by atoms with Crippen LogP contribution in [0.4, 0.5) is 0 Å². The van der Waals surface area contributed by atoms with Gasteiger partial charge in [-0.25, -0.2) is 0 Å². The van der Waals surface area contributed by atoms with Gasteiger partial charge >= 0.3 is 0 Å². The van der Waals surface area contributed by atoms with Crippen LogP contribution in [0, 0.1) is 11.8 Å². The molecular weight excluding hydrogens is 224 g/mol. The van der Waals surface area contributed by atoms with Gasteiger partial charge in [0.1, 0.15) is 0 Å². The van der Waals surface area contributed by atoms with Gasteiger partial charge in [0, 0.05) is 6.54 Å². The zero-order chi connectivity index (χ0) is 13.0. The summed E-state index contributed by atoms with van der Waals surface area (Å²) in [5.74, 6) is -1.61. The Bertz CT molecular complexity index is 316. The fourth-order valence-corrected chi connectivity index (χ4v) is 1.96. The molecule has 0 radical (unpaired) electrons. The highest BCUT2D eigenvalue weighted by atomic mass is 16.2. The zero-order valence-electron chi connectivity index (χ0n) is 9.81. The molecule has 0 aromatic rings. The molecule has 2 unspecified atom stereocenters. The van der Waals surface area contributed by atoms with Crippen molar-refractivity contribution in [2.45, 2.75) is 6.92 Å². The first-order valence-corrected chi connectivity index (χ1v) is 5.48. The Balaban J connectivity index is 2.70. The van der Waals surface area contributed by atoms with Gasteiger partial charge in [0.2, 0.25) is 17.7 Å². The summed E-state index contributed by atoms with van der Waals surface area (Å²) in [6, 6.07) is 0. The van der Waals surface area contributed by atoms with E-state index in [1.54, 1.807) is 0 Å². The highest BCUT2D eigenvalue weighted by Crippen LogP contribution is 2.18. The van der Waals surface area contributed by atoms with Gasteiger partial charge in [-0.3, -0.25) is 14.4 Å². The Morgan fingerprint density at radius 2 is 1.71 bits per heavy atom. The van der Waals surface area contributed by atoms with Gasteiger partial charge in [-0.1, -0.05) is 6.92 Å². The zero-order valence-corrected chi connectivity index (χ0v) is 9.81. The van der Waals surface area contributed by atoms with Crippen molar-refractivity contribution in [1.82, 2.24) is 10.2 Å². The lowest BCUT2D eigenvalue weighted by molar-refractivity contribution is -0.141. The number of carbonyl (C=O) groups excluding carboxylic acids is 3. The molecule has 0 saturated carbocycles. The predicted molar refractivity (Wildman–Crippen MR) is 60.5 cm³/mol. The van der Waals surface area contributed by atoms with Gasteiger partial charge in [0.05, 0.1) is 19.0 Å². The SMILES string of the molecule is CC1CNCC1C(=O)N(CC(N)=O)CC(N)=O. The number of carbonyl (C=O) groups is 3. The van der Waals surface area contributed by atoms with Crippen LogP contribution in [0.15, 0.2) is 0 Å². The second kappa shape index (κ2) is 5.62. The summed E-state index contributed by atoms with van der Waals surface area (Å²) < 4.78 is 0. The maximum absolute atomic E-state index is 12.1. The summed E-state index contributed by atoms with van der Waals surface area (Å²) in [5.41, 5.74) is 10.1. The van der Waals surface area contributed by atoms with Crippen molar-refractivity contribution in [3.8, 4) is 0 Å². The number of nitrogens with two attached hydrogens (primary N) is 2. The molecular formula is C10H18N4O3. The van der Waals surface area contributed by atoms with E-state index in [-0.39, 0.29) is 30.8 Å². The topological polar surface area (TPSA) is 119 Å². The standard InChI is InChI=1S/C10H18N4O3/c1-6-2-13-3-7(6)10(17)14(4-8(11)15)5-9(12)16/h6-7,13H,2-5H2,1H3,(H2,11,15)(H2,12,16). The summed E-state index contributed by atoms with van der Waals surface area (Å²) in [4.78, 5) is 34.9. The fraction of sp³-hybridized carbons (Fsp3) is 0.700. The van der Waals surface area contributed by atoms with Gasteiger partial charge in [-0.05, 0) is 12.5 Å². The molecule has 1 rings (SSSR count). The van der Waals surface area contributed by atoms with Crippen LogP contribution < -0.4 is 16.8 Å². The quantitative estimate of drug-likeness (QED) is 0.499. The van der Waals surface area contributed by atoms with E-state index in [0.717, 1.165) is 11.4 Å². The molecule has 0 aliphatic carbocycles. The summed E-state index contributed by atoms with van der Waals surface area (Å²) in [6.07, 6.45) is 0. The highest BCUT2D eigenvalue weighted by Gasteiger charge is 2.33. The maximum atomic E-state index is 12.1. The Hall–Kier alpha value is -1.63. The molecule has 1 fully saturated rings. The van der Waals surface area contributed by atoms with Gasteiger partial charge < -0.3 is 21.7 Å². The number of hydrogen-bond donors (Lipinski definition) is 3. The van der Waals surface area contributed by atoms with Crippen LogP contribution >= 0.6 is 0 Å². The third-order valence-electron chi connectivity index (χ3n) is 2.84. The van der Waals surface area contributed by atoms with Crippen LogP contribution in [0.2, 0.25) is 0 Å². The number of amides is 3. The minimum atomic E-state index is -0.654. The molecule has 1 saturated heterocycles. The van der Waals surface area contributed by atoms with Crippen molar-refractivity contribution in [1.29, 1.82) is 0 Å². The van der Waals surface area contributed by atoms with Crippen LogP contribution in [0.5, 0.6) is 0 Å². The largest absolute Gasteiger partial charge is 0.368 e. The smallest absolute Gasteiger partial charge is 0.237 e. The van der Waals surface area contributed by atoms with Crippen molar-refractivity contribution in [2.75, 3.05) is 26.2 Å². The van der Waals surface area contributed by atoms with E-state index in [2.05, 4.69) is 5.32 Å². The summed E-state index contributed by atoms with van der Waals surface area (Å²) >= 11 is 0. The first kappa shape index (κ1) is 13.4. The van der Waals surface area contributed by atoms with E-state index in [1.165, 1.54) is 0 Å². The van der Waals surface area contributed by atoms with Crippen molar-refractivity contribution < 1.29 is 14.4 Å². The molecule has 1 heterocycles. The molecule has 17 heavy (non-hydrogen) atoms. The monoisotopic (exact) mass is 242 g/mol. The molecule has 3 amide bonds. The van der Waals surface area contributed by atoms with Crippen LogP contribution in [0.3, 0.4) is 0 Å². The van der Waals surface area contributed by atoms with Crippen LogP contribution in [0.1, 0.15) is 6.92 Å². The first-order chi connectivity index (χ1) is 7.91. The molecule has 2 atom stereocenters. The molecule has 7 nitrogen and oxygen atoms in total. The number of primary amides is 2. The van der Waals surface area contributed by atoms with Crippen LogP contribution in [0.25, 0.3) is 0 Å². The normalized spacial score (nSPS) is 23.4. The van der Waals surface area contributed by atoms with Crippen LogP contribution in [-0.4, -0.2) is 48.8 Å². The molecule has 0 spiro atoms. The van der Waals surface area contributed by atoms with Gasteiger partial charge in [0.15, 0.2) is 0 Å². The lowest BCUT2D eigenvalue weighted by atomic mass is 9.96. The third-order valence-corrected chi connectivity index (χ3v) is 2.84. The van der Waals surface area contributed by atoms with E-state index in [9.17, 15) is 14.4 Å². The minimum Gasteiger partial charge on any atom is -0.368 e. The Morgan fingerprint density at radius 1 is 1.18 bits per heavy atom. The summed E-state index contributed by atoms with van der Waals surface area (Å²) in [7, 11) is 0. The highest BCUT2D eigenvalue weighted by molar-refractivity contribution is 5.89. The van der Waals surface area contributed by atoms with Crippen molar-refractivity contribution in [3.05, 3.63) is 0 Å². The Kier molecular flexibility index (Phi) is 4.45. The maximum Gasteiger partial charge on any atom is 0.237 e. The average molecular weight is 242 g/mol. The predicted octanol–water partition coefficient (Wildman–Crippen LogP) is -2.36. The Morgan fingerprint density at radius 3 is 2.06 bits per heavy atom. The van der Waals surface area contributed by atoms with Crippen molar-refractivity contribution in [2.24, 2.45) is 23.3 Å². The second-order valence-corrected chi connectivity index (χ2v) is 4.37. The number of nitrogens with zero attached hydrogens (tertiary/aromatic N) is 1. The minimum absolute atomic E-state index is 0.172. The summed E-state index contributed by atoms with van der Waals surface area (Å²) in [6.45, 7) is 2.69. The van der Waals surface area contributed by atoms with E-state index in [0.29, 0.717) is 6.54 Å². The molecule has 0 aromatic heterocycles. The van der Waals surface area contributed by atoms with Crippen molar-refractivity contribution in [3.63, 3.8) is 0 Å².